The normalized spacial score (nSPS) is 15.6. The zero-order chi connectivity index (χ0) is 20.8. The number of non-ortho nitro benzene ring substituents is 1. The fourth-order valence-electron chi connectivity index (χ4n) is 3.42. The first kappa shape index (κ1) is 20.5. The molecule has 2 aromatic rings. The highest BCUT2D eigenvalue weighted by atomic mass is 16.6. The summed E-state index contributed by atoms with van der Waals surface area (Å²) in [6.45, 7) is 4.25. The Kier molecular flexibility index (Phi) is 6.58. The van der Waals surface area contributed by atoms with Crippen LogP contribution in [0.15, 0.2) is 41.9 Å². The molecule has 0 saturated carbocycles. The maximum atomic E-state index is 12.9. The predicted molar refractivity (Wildman–Crippen MR) is 107 cm³/mol. The number of nitro groups is 1. The van der Waals surface area contributed by atoms with E-state index in [1.54, 1.807) is 23.7 Å². The molecule has 1 N–H and O–H groups in total. The number of rotatable bonds is 9. The van der Waals surface area contributed by atoms with E-state index >= 15 is 0 Å². The second-order valence-electron chi connectivity index (χ2n) is 7.00. The number of nitro benzene ring substituents is 1. The molecule has 0 unspecified atom stereocenters. The number of fused-ring (bicyclic) bond motifs is 1. The van der Waals surface area contributed by atoms with Crippen LogP contribution in [0.2, 0.25) is 0 Å². The molecule has 2 heterocycles. The van der Waals surface area contributed by atoms with Crippen molar-refractivity contribution in [2.75, 3.05) is 11.9 Å². The molecule has 0 bridgehead atoms. The zero-order valence-corrected chi connectivity index (χ0v) is 16.6. The standard InChI is InChI=1S/C20H25N5O4/c1-3-4-5-6-7-11-29-19(26)17-14(2)23-20-21-13-22-24(20)18(17)15-9-8-10-16(12-15)25(27)28/h8-10,12-13,18H,3-7,11H2,1-2H3,(H,21,22,23)/t18-/m1/s1. The molecule has 0 aliphatic carbocycles. The summed E-state index contributed by atoms with van der Waals surface area (Å²) in [4.78, 5) is 27.8. The third kappa shape index (κ3) is 4.61. The SMILES string of the molecule is CCCCCCCOC(=O)C1=C(C)Nc2ncnn2[C@@H]1c1cccc([N+](=O)[O-])c1. The van der Waals surface area contributed by atoms with Crippen molar-refractivity contribution >= 4 is 17.6 Å². The molecule has 1 aliphatic heterocycles. The Bertz CT molecular complexity index is 921. The molecule has 154 valence electrons. The Morgan fingerprint density at radius 3 is 2.86 bits per heavy atom. The number of allylic oxidation sites excluding steroid dienone is 1. The summed E-state index contributed by atoms with van der Waals surface area (Å²) in [5.41, 5.74) is 1.49. The van der Waals surface area contributed by atoms with Crippen LogP contribution >= 0.6 is 0 Å². The van der Waals surface area contributed by atoms with E-state index in [1.165, 1.54) is 24.9 Å². The summed E-state index contributed by atoms with van der Waals surface area (Å²) in [5, 5.41) is 18.5. The first-order valence-corrected chi connectivity index (χ1v) is 9.81. The van der Waals surface area contributed by atoms with Gasteiger partial charge in [0.1, 0.15) is 12.4 Å². The van der Waals surface area contributed by atoms with Crippen molar-refractivity contribution in [3.8, 4) is 0 Å². The third-order valence-electron chi connectivity index (χ3n) is 4.89. The molecule has 0 saturated heterocycles. The number of benzene rings is 1. The van der Waals surface area contributed by atoms with E-state index in [9.17, 15) is 14.9 Å². The fourth-order valence-corrected chi connectivity index (χ4v) is 3.42. The van der Waals surface area contributed by atoms with Crippen molar-refractivity contribution in [1.82, 2.24) is 14.8 Å². The van der Waals surface area contributed by atoms with Crippen LogP contribution in [0.5, 0.6) is 0 Å². The predicted octanol–water partition coefficient (Wildman–Crippen LogP) is 3.99. The zero-order valence-electron chi connectivity index (χ0n) is 16.6. The maximum Gasteiger partial charge on any atom is 0.338 e. The molecule has 29 heavy (non-hydrogen) atoms. The van der Waals surface area contributed by atoms with Gasteiger partial charge in [0.2, 0.25) is 5.95 Å². The van der Waals surface area contributed by atoms with E-state index in [-0.39, 0.29) is 5.69 Å². The number of carbonyl (C=O) groups excluding carboxylic acids is 1. The van der Waals surface area contributed by atoms with Crippen LogP contribution in [0.1, 0.15) is 57.6 Å². The quantitative estimate of drug-likeness (QED) is 0.294. The van der Waals surface area contributed by atoms with E-state index in [0.29, 0.717) is 29.4 Å². The molecule has 1 aromatic heterocycles. The second kappa shape index (κ2) is 9.31. The van der Waals surface area contributed by atoms with Crippen LogP contribution in [-0.4, -0.2) is 32.3 Å². The lowest BCUT2D eigenvalue weighted by atomic mass is 9.95. The maximum absolute atomic E-state index is 12.9. The molecule has 0 spiro atoms. The first-order chi connectivity index (χ1) is 14.0. The number of nitrogens with one attached hydrogen (secondary N) is 1. The van der Waals surface area contributed by atoms with Gasteiger partial charge in [0, 0.05) is 17.8 Å². The van der Waals surface area contributed by atoms with E-state index in [2.05, 4.69) is 22.3 Å². The Hall–Kier alpha value is -3.23. The van der Waals surface area contributed by atoms with Gasteiger partial charge in [-0.1, -0.05) is 44.7 Å². The number of anilines is 1. The van der Waals surface area contributed by atoms with Crippen molar-refractivity contribution in [1.29, 1.82) is 0 Å². The molecule has 1 atom stereocenters. The lowest BCUT2D eigenvalue weighted by molar-refractivity contribution is -0.384. The fraction of sp³-hybridized carbons (Fsp3) is 0.450. The number of esters is 1. The summed E-state index contributed by atoms with van der Waals surface area (Å²) < 4.78 is 7.07. The minimum Gasteiger partial charge on any atom is -0.462 e. The van der Waals surface area contributed by atoms with Crippen LogP contribution in [-0.2, 0) is 9.53 Å². The molecular formula is C20H25N5O4. The summed E-state index contributed by atoms with van der Waals surface area (Å²) in [7, 11) is 0. The van der Waals surface area contributed by atoms with Gasteiger partial charge in [-0.2, -0.15) is 10.1 Å². The third-order valence-corrected chi connectivity index (χ3v) is 4.89. The number of nitrogens with zero attached hydrogens (tertiary/aromatic N) is 4. The van der Waals surface area contributed by atoms with Gasteiger partial charge in [0.25, 0.3) is 5.69 Å². The van der Waals surface area contributed by atoms with Crippen molar-refractivity contribution in [3.63, 3.8) is 0 Å². The lowest BCUT2D eigenvalue weighted by Crippen LogP contribution is -2.29. The number of hydrogen-bond donors (Lipinski definition) is 1. The van der Waals surface area contributed by atoms with Crippen molar-refractivity contribution in [3.05, 3.63) is 57.5 Å². The minimum absolute atomic E-state index is 0.0519. The Morgan fingerprint density at radius 1 is 1.31 bits per heavy atom. The minimum atomic E-state index is -0.652. The first-order valence-electron chi connectivity index (χ1n) is 9.81. The largest absolute Gasteiger partial charge is 0.462 e. The summed E-state index contributed by atoms with van der Waals surface area (Å²) in [6.07, 6.45) is 6.65. The van der Waals surface area contributed by atoms with Crippen molar-refractivity contribution in [2.24, 2.45) is 0 Å². The van der Waals surface area contributed by atoms with Crippen LogP contribution in [0.25, 0.3) is 0 Å². The van der Waals surface area contributed by atoms with Crippen LogP contribution in [0.3, 0.4) is 0 Å². The average Bonchev–Trinajstić information content (AvgIpc) is 3.17. The highest BCUT2D eigenvalue weighted by Gasteiger charge is 2.34. The molecule has 1 aromatic carbocycles. The number of carbonyl (C=O) groups is 1. The van der Waals surface area contributed by atoms with E-state index in [1.807, 2.05) is 0 Å². The summed E-state index contributed by atoms with van der Waals surface area (Å²) in [6, 6.07) is 5.55. The average molecular weight is 399 g/mol. The Balaban J connectivity index is 1.85. The number of ether oxygens (including phenoxy) is 1. The molecule has 9 heteroatoms. The number of hydrogen-bond acceptors (Lipinski definition) is 7. The summed E-state index contributed by atoms with van der Waals surface area (Å²) >= 11 is 0. The van der Waals surface area contributed by atoms with Gasteiger partial charge in [-0.05, 0) is 18.9 Å². The Labute approximate surface area is 168 Å². The van der Waals surface area contributed by atoms with E-state index < -0.39 is 16.9 Å². The van der Waals surface area contributed by atoms with E-state index in [4.69, 9.17) is 4.74 Å². The van der Waals surface area contributed by atoms with Gasteiger partial charge in [-0.3, -0.25) is 10.1 Å². The highest BCUT2D eigenvalue weighted by molar-refractivity contribution is 5.92. The van der Waals surface area contributed by atoms with Gasteiger partial charge >= 0.3 is 5.97 Å². The van der Waals surface area contributed by atoms with Crippen molar-refractivity contribution < 1.29 is 14.5 Å². The topological polar surface area (TPSA) is 112 Å². The lowest BCUT2D eigenvalue weighted by Gasteiger charge is -2.28. The van der Waals surface area contributed by atoms with Crippen molar-refractivity contribution in [2.45, 2.75) is 52.0 Å². The van der Waals surface area contributed by atoms with Gasteiger partial charge in [0.15, 0.2) is 0 Å². The number of unbranched alkanes of at least 4 members (excludes halogenated alkanes) is 4. The summed E-state index contributed by atoms with van der Waals surface area (Å²) in [5.74, 6) is 0.0123. The van der Waals surface area contributed by atoms with Gasteiger partial charge in [0.05, 0.1) is 17.1 Å². The molecule has 0 fully saturated rings. The van der Waals surface area contributed by atoms with Crippen LogP contribution < -0.4 is 5.32 Å². The number of aromatic nitrogens is 3. The van der Waals surface area contributed by atoms with Gasteiger partial charge < -0.3 is 10.1 Å². The Morgan fingerprint density at radius 2 is 2.10 bits per heavy atom. The van der Waals surface area contributed by atoms with E-state index in [0.717, 1.165) is 25.7 Å². The molecule has 0 amide bonds. The smallest absolute Gasteiger partial charge is 0.338 e. The monoisotopic (exact) mass is 399 g/mol. The van der Waals surface area contributed by atoms with Crippen LogP contribution in [0.4, 0.5) is 11.6 Å². The van der Waals surface area contributed by atoms with Gasteiger partial charge in [-0.15, -0.1) is 0 Å². The molecule has 1 aliphatic rings. The van der Waals surface area contributed by atoms with Crippen LogP contribution in [0, 0.1) is 10.1 Å². The second-order valence-corrected chi connectivity index (χ2v) is 7.00. The highest BCUT2D eigenvalue weighted by Crippen LogP contribution is 2.36. The molecule has 9 nitrogen and oxygen atoms in total. The molecule has 0 radical (unpaired) electrons. The molecule has 3 rings (SSSR count). The molecular weight excluding hydrogens is 374 g/mol. The van der Waals surface area contributed by atoms with Gasteiger partial charge in [-0.25, -0.2) is 9.48 Å².